The second-order valence-corrected chi connectivity index (χ2v) is 7.32. The number of ether oxygens (including phenoxy) is 1. The highest BCUT2D eigenvalue weighted by molar-refractivity contribution is 5.68. The first-order valence-electron chi connectivity index (χ1n) is 7.58. The largest absolute Gasteiger partial charge is 0.444 e. The van der Waals surface area contributed by atoms with Gasteiger partial charge in [0.25, 0.3) is 0 Å². The summed E-state index contributed by atoms with van der Waals surface area (Å²) < 4.78 is 31.7. The van der Waals surface area contributed by atoms with Crippen LogP contribution < -0.4 is 10.6 Å². The van der Waals surface area contributed by atoms with Crippen molar-refractivity contribution in [2.75, 3.05) is 6.54 Å². The normalized spacial score (nSPS) is 13.6. The molecule has 0 saturated heterocycles. The Labute approximate surface area is 136 Å². The third kappa shape index (κ3) is 7.41. The van der Waals surface area contributed by atoms with Crippen LogP contribution in [0.15, 0.2) is 18.2 Å². The summed E-state index contributed by atoms with van der Waals surface area (Å²) in [5.41, 5.74) is -0.641. The van der Waals surface area contributed by atoms with Crippen molar-refractivity contribution in [3.05, 3.63) is 35.4 Å². The van der Waals surface area contributed by atoms with Gasteiger partial charge in [0.15, 0.2) is 0 Å². The van der Waals surface area contributed by atoms with Gasteiger partial charge in [0.2, 0.25) is 0 Å². The summed E-state index contributed by atoms with van der Waals surface area (Å²) in [6.45, 7) is 11.3. The highest BCUT2D eigenvalue weighted by atomic mass is 19.1. The minimum absolute atomic E-state index is 0.264. The number of amides is 1. The summed E-state index contributed by atoms with van der Waals surface area (Å²) in [4.78, 5) is 11.8. The highest BCUT2D eigenvalue weighted by Crippen LogP contribution is 2.17. The number of hydrogen-bond donors (Lipinski definition) is 2. The third-order valence-electron chi connectivity index (χ3n) is 3.07. The molecule has 1 atom stereocenters. The van der Waals surface area contributed by atoms with Gasteiger partial charge in [0, 0.05) is 18.7 Å². The van der Waals surface area contributed by atoms with Gasteiger partial charge in [-0.3, -0.25) is 0 Å². The molecule has 0 aliphatic rings. The molecule has 4 nitrogen and oxygen atoms in total. The molecule has 23 heavy (non-hydrogen) atoms. The van der Waals surface area contributed by atoms with E-state index in [-0.39, 0.29) is 6.04 Å². The standard InChI is InChI=1S/C17H26F2N2O2/c1-11(12-7-13(18)9-14(19)8-12)20-10-17(5,6)21-15(22)23-16(2,3)4/h7-9,11,20H,10H2,1-6H3,(H,21,22). The van der Waals surface area contributed by atoms with Crippen molar-refractivity contribution in [1.82, 2.24) is 10.6 Å². The van der Waals surface area contributed by atoms with Crippen LogP contribution in [0, 0.1) is 11.6 Å². The first kappa shape index (κ1) is 19.4. The molecule has 0 aliphatic carbocycles. The lowest BCUT2D eigenvalue weighted by Gasteiger charge is -2.30. The molecule has 0 fully saturated rings. The predicted molar refractivity (Wildman–Crippen MR) is 86.2 cm³/mol. The van der Waals surface area contributed by atoms with Crippen LogP contribution in [0.2, 0.25) is 0 Å². The van der Waals surface area contributed by atoms with Gasteiger partial charge < -0.3 is 15.4 Å². The van der Waals surface area contributed by atoms with E-state index in [1.807, 2.05) is 13.8 Å². The van der Waals surface area contributed by atoms with E-state index in [0.29, 0.717) is 12.1 Å². The van der Waals surface area contributed by atoms with E-state index in [2.05, 4.69) is 10.6 Å². The van der Waals surface area contributed by atoms with E-state index >= 15 is 0 Å². The van der Waals surface area contributed by atoms with E-state index in [1.54, 1.807) is 27.7 Å². The minimum atomic E-state index is -0.611. The fraction of sp³-hybridized carbons (Fsp3) is 0.588. The molecule has 0 heterocycles. The monoisotopic (exact) mass is 328 g/mol. The highest BCUT2D eigenvalue weighted by Gasteiger charge is 2.25. The maximum Gasteiger partial charge on any atom is 0.408 e. The topological polar surface area (TPSA) is 50.4 Å². The molecule has 1 aromatic rings. The van der Waals surface area contributed by atoms with Crippen molar-refractivity contribution in [1.29, 1.82) is 0 Å². The van der Waals surface area contributed by atoms with E-state index in [0.717, 1.165) is 6.07 Å². The molecule has 1 unspecified atom stereocenters. The van der Waals surface area contributed by atoms with E-state index in [4.69, 9.17) is 4.74 Å². The van der Waals surface area contributed by atoms with Crippen molar-refractivity contribution in [2.24, 2.45) is 0 Å². The number of alkyl carbamates (subject to hydrolysis) is 1. The van der Waals surface area contributed by atoms with Crippen LogP contribution in [-0.2, 0) is 4.74 Å². The lowest BCUT2D eigenvalue weighted by atomic mass is 10.0. The summed E-state index contributed by atoms with van der Waals surface area (Å²) >= 11 is 0. The van der Waals surface area contributed by atoms with Crippen molar-refractivity contribution in [2.45, 2.75) is 58.7 Å². The molecule has 0 aromatic heterocycles. The van der Waals surface area contributed by atoms with Crippen LogP contribution in [0.3, 0.4) is 0 Å². The van der Waals surface area contributed by atoms with Crippen LogP contribution in [-0.4, -0.2) is 23.8 Å². The second-order valence-electron chi connectivity index (χ2n) is 7.32. The van der Waals surface area contributed by atoms with Gasteiger partial charge >= 0.3 is 6.09 Å². The van der Waals surface area contributed by atoms with Crippen LogP contribution in [0.5, 0.6) is 0 Å². The lowest BCUT2D eigenvalue weighted by molar-refractivity contribution is 0.0471. The molecule has 0 radical (unpaired) electrons. The summed E-state index contributed by atoms with van der Waals surface area (Å²) in [5.74, 6) is -1.22. The Bertz CT molecular complexity index is 534. The van der Waals surface area contributed by atoms with Gasteiger partial charge in [0.1, 0.15) is 17.2 Å². The minimum Gasteiger partial charge on any atom is -0.444 e. The van der Waals surface area contributed by atoms with Crippen molar-refractivity contribution in [3.63, 3.8) is 0 Å². The maximum absolute atomic E-state index is 13.3. The molecular formula is C17H26F2N2O2. The zero-order chi connectivity index (χ0) is 17.8. The maximum atomic E-state index is 13.3. The molecular weight excluding hydrogens is 302 g/mol. The zero-order valence-electron chi connectivity index (χ0n) is 14.6. The van der Waals surface area contributed by atoms with Crippen LogP contribution in [0.4, 0.5) is 13.6 Å². The van der Waals surface area contributed by atoms with E-state index in [1.165, 1.54) is 12.1 Å². The summed E-state index contributed by atoms with van der Waals surface area (Å²) in [6, 6.07) is 3.15. The molecule has 1 rings (SSSR count). The Balaban J connectivity index is 2.59. The second kappa shape index (κ2) is 7.25. The molecule has 130 valence electrons. The first-order valence-corrected chi connectivity index (χ1v) is 7.58. The Kier molecular flexibility index (Phi) is 6.11. The van der Waals surface area contributed by atoms with Gasteiger partial charge in [-0.2, -0.15) is 0 Å². The van der Waals surface area contributed by atoms with Crippen LogP contribution in [0.25, 0.3) is 0 Å². The number of nitrogens with one attached hydrogen (secondary N) is 2. The Morgan fingerprint density at radius 3 is 2.13 bits per heavy atom. The van der Waals surface area contributed by atoms with Gasteiger partial charge in [0.05, 0.1) is 5.54 Å². The lowest BCUT2D eigenvalue weighted by Crippen LogP contribution is -2.51. The zero-order valence-corrected chi connectivity index (χ0v) is 14.6. The molecule has 0 bridgehead atoms. The van der Waals surface area contributed by atoms with E-state index < -0.39 is 28.9 Å². The molecule has 6 heteroatoms. The number of halogens is 2. The van der Waals surface area contributed by atoms with Gasteiger partial charge in [-0.25, -0.2) is 13.6 Å². The quantitative estimate of drug-likeness (QED) is 0.861. The molecule has 0 aliphatic heterocycles. The van der Waals surface area contributed by atoms with Crippen molar-refractivity contribution < 1.29 is 18.3 Å². The number of benzene rings is 1. The summed E-state index contributed by atoms with van der Waals surface area (Å²) in [7, 11) is 0. The number of rotatable bonds is 5. The SMILES string of the molecule is CC(NCC(C)(C)NC(=O)OC(C)(C)C)c1cc(F)cc(F)c1. The van der Waals surface area contributed by atoms with Gasteiger partial charge in [-0.15, -0.1) is 0 Å². The third-order valence-corrected chi connectivity index (χ3v) is 3.07. The fourth-order valence-corrected chi connectivity index (χ4v) is 1.98. The fourth-order valence-electron chi connectivity index (χ4n) is 1.98. The Hall–Kier alpha value is -1.69. The molecule has 2 N–H and O–H groups in total. The predicted octanol–water partition coefficient (Wildman–Crippen LogP) is 3.92. The molecule has 1 aromatic carbocycles. The van der Waals surface area contributed by atoms with Crippen LogP contribution in [0.1, 0.15) is 53.1 Å². The average Bonchev–Trinajstić information content (AvgIpc) is 2.31. The van der Waals surface area contributed by atoms with Gasteiger partial charge in [-0.1, -0.05) is 0 Å². The average molecular weight is 328 g/mol. The van der Waals surface area contributed by atoms with Crippen molar-refractivity contribution in [3.8, 4) is 0 Å². The van der Waals surface area contributed by atoms with Crippen molar-refractivity contribution >= 4 is 6.09 Å². The van der Waals surface area contributed by atoms with E-state index in [9.17, 15) is 13.6 Å². The smallest absolute Gasteiger partial charge is 0.408 e. The Morgan fingerprint density at radius 2 is 1.65 bits per heavy atom. The molecule has 0 saturated carbocycles. The summed E-state index contributed by atoms with van der Waals surface area (Å²) in [6.07, 6.45) is -0.506. The Morgan fingerprint density at radius 1 is 1.13 bits per heavy atom. The molecule has 0 spiro atoms. The number of carbonyl (C=O) groups excluding carboxylic acids is 1. The van der Waals surface area contributed by atoms with Gasteiger partial charge in [-0.05, 0) is 59.2 Å². The molecule has 1 amide bonds. The summed E-state index contributed by atoms with van der Waals surface area (Å²) in [5, 5.41) is 5.93. The van der Waals surface area contributed by atoms with Crippen LogP contribution >= 0.6 is 0 Å². The number of hydrogen-bond acceptors (Lipinski definition) is 3. The first-order chi connectivity index (χ1) is 10.4. The number of carbonyl (C=O) groups is 1.